The van der Waals surface area contributed by atoms with Crippen molar-refractivity contribution in [3.05, 3.63) is 65.0 Å². The summed E-state index contributed by atoms with van der Waals surface area (Å²) in [6.45, 7) is 3.21. The molecule has 1 aliphatic heterocycles. The van der Waals surface area contributed by atoms with Gasteiger partial charge in [0.05, 0.1) is 17.3 Å². The fraction of sp³-hybridized carbons (Fsp3) is 0.333. The van der Waals surface area contributed by atoms with E-state index in [9.17, 15) is 14.0 Å². The van der Waals surface area contributed by atoms with Crippen LogP contribution in [0.15, 0.2) is 42.5 Å². The third kappa shape index (κ3) is 3.15. The third-order valence-corrected chi connectivity index (χ3v) is 5.30. The zero-order valence-corrected chi connectivity index (χ0v) is 14.8. The van der Waals surface area contributed by atoms with E-state index in [-0.39, 0.29) is 5.82 Å². The smallest absolute Gasteiger partial charge is 0.303 e. The molecular formula is C21H22FN2O2+. The van der Waals surface area contributed by atoms with E-state index in [0.717, 1.165) is 36.1 Å². The summed E-state index contributed by atoms with van der Waals surface area (Å²) >= 11 is 0. The molecule has 1 fully saturated rings. The second kappa shape index (κ2) is 6.65. The van der Waals surface area contributed by atoms with Gasteiger partial charge in [0, 0.05) is 18.4 Å². The number of anilines is 1. The van der Waals surface area contributed by atoms with Gasteiger partial charge in [0.2, 0.25) is 0 Å². The Labute approximate surface area is 152 Å². The van der Waals surface area contributed by atoms with E-state index in [1.54, 1.807) is 17.0 Å². The monoisotopic (exact) mass is 353 g/mol. The number of nitrogens with zero attached hydrogens (tertiary/aromatic N) is 1. The number of aryl methyl sites for hydroxylation is 1. The molecule has 5 heteroatoms. The molecule has 1 unspecified atom stereocenters. The van der Waals surface area contributed by atoms with E-state index in [1.165, 1.54) is 17.0 Å². The first-order valence-electron chi connectivity index (χ1n) is 9.15. The van der Waals surface area contributed by atoms with Crippen LogP contribution >= 0.6 is 0 Å². The summed E-state index contributed by atoms with van der Waals surface area (Å²) in [4.78, 5) is 27.8. The summed E-state index contributed by atoms with van der Waals surface area (Å²) in [5.74, 6) is -1.10. The van der Waals surface area contributed by atoms with E-state index in [1.807, 2.05) is 25.1 Å². The molecule has 1 saturated carbocycles. The number of hydrogen-bond acceptors (Lipinski definition) is 2. The van der Waals surface area contributed by atoms with Gasteiger partial charge < -0.3 is 4.90 Å². The molecule has 2 aromatic rings. The van der Waals surface area contributed by atoms with E-state index < -0.39 is 11.7 Å². The van der Waals surface area contributed by atoms with Gasteiger partial charge in [0.15, 0.2) is 6.67 Å². The van der Waals surface area contributed by atoms with Crippen LogP contribution < -0.4 is 9.80 Å². The number of fused-ring (bicyclic) bond motifs is 1. The lowest BCUT2D eigenvalue weighted by Crippen LogP contribution is -3.13. The van der Waals surface area contributed by atoms with Crippen molar-refractivity contribution in [2.45, 2.75) is 38.8 Å². The number of Topliss-reactive ketones (excluding diaryl/α,β-unsaturated/α-hetero) is 1. The number of quaternary nitrogens is 1. The Morgan fingerprint density at radius 2 is 1.77 bits per heavy atom. The Kier molecular flexibility index (Phi) is 4.32. The van der Waals surface area contributed by atoms with Gasteiger partial charge in [-0.05, 0) is 36.2 Å². The number of ketones is 1. The van der Waals surface area contributed by atoms with Crippen LogP contribution in [0, 0.1) is 5.82 Å². The van der Waals surface area contributed by atoms with Crippen LogP contribution in [-0.4, -0.2) is 24.4 Å². The summed E-state index contributed by atoms with van der Waals surface area (Å²) in [6, 6.07) is 12.7. The fourth-order valence-corrected chi connectivity index (χ4v) is 3.61. The van der Waals surface area contributed by atoms with Crippen LogP contribution in [0.2, 0.25) is 0 Å². The quantitative estimate of drug-likeness (QED) is 0.809. The zero-order valence-electron chi connectivity index (χ0n) is 14.8. The Morgan fingerprint density at radius 3 is 2.42 bits per heavy atom. The molecule has 0 bridgehead atoms. The molecule has 2 aliphatic rings. The highest BCUT2D eigenvalue weighted by atomic mass is 19.1. The minimum atomic E-state index is -0.439. The molecule has 1 N–H and O–H groups in total. The molecule has 134 valence electrons. The van der Waals surface area contributed by atoms with Crippen molar-refractivity contribution in [1.29, 1.82) is 0 Å². The van der Waals surface area contributed by atoms with Gasteiger partial charge in [0.1, 0.15) is 12.4 Å². The lowest BCUT2D eigenvalue weighted by Gasteiger charge is -2.25. The SMILES string of the molecule is CCc1ccc2c(c1)C(=O)C(=O)N2C[NH+](Cc1ccc(F)cc1)C1CC1. The van der Waals surface area contributed by atoms with Gasteiger partial charge in [-0.2, -0.15) is 0 Å². The number of carbonyl (C=O) groups is 2. The van der Waals surface area contributed by atoms with Crippen molar-refractivity contribution in [3.63, 3.8) is 0 Å². The highest BCUT2D eigenvalue weighted by Gasteiger charge is 2.41. The summed E-state index contributed by atoms with van der Waals surface area (Å²) in [5.41, 5.74) is 3.33. The van der Waals surface area contributed by atoms with E-state index in [0.29, 0.717) is 24.8 Å². The highest BCUT2D eigenvalue weighted by molar-refractivity contribution is 6.52. The standard InChI is InChI=1S/C21H21FN2O2/c1-2-14-5-10-19-18(11-14)20(25)21(26)24(19)13-23(17-8-9-17)12-15-3-6-16(22)7-4-15/h3-7,10-11,17H,2,8-9,12-13H2,1H3/p+1. The summed E-state index contributed by atoms with van der Waals surface area (Å²) in [6.07, 6.45) is 3.07. The number of rotatable bonds is 6. The van der Waals surface area contributed by atoms with Crippen LogP contribution in [0.4, 0.5) is 10.1 Å². The number of halogens is 1. The molecule has 0 radical (unpaired) electrons. The molecule has 0 spiro atoms. The lowest BCUT2D eigenvalue weighted by molar-refractivity contribution is -0.923. The van der Waals surface area contributed by atoms with E-state index in [4.69, 9.17) is 0 Å². The van der Waals surface area contributed by atoms with Gasteiger partial charge in [-0.1, -0.05) is 25.1 Å². The molecule has 0 saturated heterocycles. The second-order valence-corrected chi connectivity index (χ2v) is 7.16. The van der Waals surface area contributed by atoms with Gasteiger partial charge in [0.25, 0.3) is 5.78 Å². The predicted octanol–water partition coefficient (Wildman–Crippen LogP) is 2.12. The largest absolute Gasteiger partial charge is 0.311 e. The maximum atomic E-state index is 13.1. The first-order valence-corrected chi connectivity index (χ1v) is 9.15. The van der Waals surface area contributed by atoms with Gasteiger partial charge in [-0.25, -0.2) is 4.39 Å². The fourth-order valence-electron chi connectivity index (χ4n) is 3.61. The molecule has 26 heavy (non-hydrogen) atoms. The predicted molar refractivity (Wildman–Crippen MR) is 96.6 cm³/mol. The van der Waals surface area contributed by atoms with Crippen molar-refractivity contribution in [2.75, 3.05) is 11.6 Å². The van der Waals surface area contributed by atoms with E-state index in [2.05, 4.69) is 0 Å². The van der Waals surface area contributed by atoms with Crippen LogP contribution in [0.25, 0.3) is 0 Å². The topological polar surface area (TPSA) is 41.8 Å². The van der Waals surface area contributed by atoms with Crippen molar-refractivity contribution in [3.8, 4) is 0 Å². The van der Waals surface area contributed by atoms with Crippen LogP contribution in [0.1, 0.15) is 41.3 Å². The lowest BCUT2D eigenvalue weighted by atomic mass is 10.1. The van der Waals surface area contributed by atoms with Crippen molar-refractivity contribution in [1.82, 2.24) is 0 Å². The Hall–Kier alpha value is -2.53. The molecule has 1 heterocycles. The number of benzene rings is 2. The molecular weight excluding hydrogens is 331 g/mol. The summed E-state index contributed by atoms with van der Waals surface area (Å²) < 4.78 is 13.1. The van der Waals surface area contributed by atoms with Gasteiger partial charge in [-0.15, -0.1) is 0 Å². The van der Waals surface area contributed by atoms with Gasteiger partial charge in [-0.3, -0.25) is 14.5 Å². The molecule has 1 atom stereocenters. The Balaban J connectivity index is 1.57. The summed E-state index contributed by atoms with van der Waals surface area (Å²) in [7, 11) is 0. The normalized spacial score (nSPS) is 17.5. The highest BCUT2D eigenvalue weighted by Crippen LogP contribution is 2.29. The second-order valence-electron chi connectivity index (χ2n) is 7.16. The Morgan fingerprint density at radius 1 is 1.08 bits per heavy atom. The number of hydrogen-bond donors (Lipinski definition) is 1. The minimum Gasteiger partial charge on any atom is -0.311 e. The zero-order chi connectivity index (χ0) is 18.3. The number of amides is 1. The van der Waals surface area contributed by atoms with Crippen LogP contribution in [0.3, 0.4) is 0 Å². The van der Waals surface area contributed by atoms with Crippen molar-refractivity contribution < 1.29 is 18.9 Å². The van der Waals surface area contributed by atoms with Crippen LogP contribution in [0.5, 0.6) is 0 Å². The third-order valence-electron chi connectivity index (χ3n) is 5.30. The molecule has 4 rings (SSSR count). The first kappa shape index (κ1) is 16.9. The summed E-state index contributed by atoms with van der Waals surface area (Å²) in [5, 5.41) is 0. The average Bonchev–Trinajstić information content (AvgIpc) is 3.47. The first-order chi connectivity index (χ1) is 12.6. The molecule has 4 nitrogen and oxygen atoms in total. The minimum absolute atomic E-state index is 0.248. The van der Waals surface area contributed by atoms with E-state index >= 15 is 0 Å². The number of carbonyl (C=O) groups excluding carboxylic acids is 2. The molecule has 1 amide bonds. The van der Waals surface area contributed by atoms with Gasteiger partial charge >= 0.3 is 5.91 Å². The number of nitrogens with one attached hydrogen (secondary N) is 1. The maximum absolute atomic E-state index is 13.1. The molecule has 1 aliphatic carbocycles. The van der Waals surface area contributed by atoms with Crippen molar-refractivity contribution in [2.24, 2.45) is 0 Å². The molecule has 0 aromatic heterocycles. The Bertz CT molecular complexity index is 859. The van der Waals surface area contributed by atoms with Crippen molar-refractivity contribution >= 4 is 17.4 Å². The van der Waals surface area contributed by atoms with Crippen LogP contribution in [-0.2, 0) is 17.8 Å². The molecule has 2 aromatic carbocycles. The maximum Gasteiger partial charge on any atom is 0.303 e. The average molecular weight is 353 g/mol.